The number of carbonyl (C=O) groups excluding carboxylic acids is 2. The first-order valence-corrected chi connectivity index (χ1v) is 13.7. The Morgan fingerprint density at radius 3 is 2.65 bits per heavy atom. The number of fused-ring (bicyclic) bond motifs is 1. The number of hydrogen-bond donors (Lipinski definition) is 0. The maximum Gasteiger partial charge on any atom is 0.254 e. The van der Waals surface area contributed by atoms with Gasteiger partial charge in [-0.15, -0.1) is 11.3 Å². The van der Waals surface area contributed by atoms with Gasteiger partial charge in [0.25, 0.3) is 5.91 Å². The highest BCUT2D eigenvalue weighted by molar-refractivity contribution is 7.10. The number of rotatable bonds is 10. The fourth-order valence-electron chi connectivity index (χ4n) is 4.54. The number of ether oxygens (including phenoxy) is 2. The van der Waals surface area contributed by atoms with Crippen molar-refractivity contribution in [2.24, 2.45) is 0 Å². The van der Waals surface area contributed by atoms with Crippen LogP contribution in [0, 0.1) is 13.8 Å². The van der Waals surface area contributed by atoms with Crippen LogP contribution in [0.25, 0.3) is 0 Å². The predicted octanol–water partition coefficient (Wildman–Crippen LogP) is 5.70. The van der Waals surface area contributed by atoms with Gasteiger partial charge in [-0.1, -0.05) is 29.3 Å². The van der Waals surface area contributed by atoms with E-state index in [1.807, 2.05) is 61.2 Å². The molecule has 8 heteroatoms. The molecule has 1 aliphatic heterocycles. The number of hydrogen-bond acceptors (Lipinski definition) is 5. The molecule has 0 bridgehead atoms. The lowest BCUT2D eigenvalue weighted by Crippen LogP contribution is -2.48. The lowest BCUT2D eigenvalue weighted by Gasteiger charge is -2.37. The maximum atomic E-state index is 13.7. The van der Waals surface area contributed by atoms with Crippen LogP contribution in [-0.2, 0) is 16.0 Å². The number of thiophene rings is 1. The van der Waals surface area contributed by atoms with E-state index < -0.39 is 0 Å². The highest BCUT2D eigenvalue weighted by Gasteiger charge is 2.33. The van der Waals surface area contributed by atoms with Crippen LogP contribution in [-0.4, -0.2) is 61.6 Å². The molecular weight excluding hydrogens is 508 g/mol. The molecular formula is C29H33ClN2O4S. The summed E-state index contributed by atoms with van der Waals surface area (Å²) in [5.74, 6) is 0.477. The molecule has 0 saturated carbocycles. The molecule has 1 aliphatic rings. The molecule has 2 amide bonds. The van der Waals surface area contributed by atoms with Crippen molar-refractivity contribution in [1.82, 2.24) is 9.80 Å². The van der Waals surface area contributed by atoms with Crippen LogP contribution in [0.3, 0.4) is 0 Å². The van der Waals surface area contributed by atoms with Crippen LogP contribution in [0.5, 0.6) is 5.75 Å². The van der Waals surface area contributed by atoms with Gasteiger partial charge in [-0.25, -0.2) is 0 Å². The fourth-order valence-corrected chi connectivity index (χ4v) is 5.59. The van der Waals surface area contributed by atoms with E-state index in [0.29, 0.717) is 49.1 Å². The zero-order valence-corrected chi connectivity index (χ0v) is 23.1. The largest absolute Gasteiger partial charge is 0.491 e. The van der Waals surface area contributed by atoms with Crippen LogP contribution in [0.1, 0.15) is 44.4 Å². The average Bonchev–Trinajstić information content (AvgIpc) is 3.38. The summed E-state index contributed by atoms with van der Waals surface area (Å²) in [7, 11) is 1.64. The second kappa shape index (κ2) is 12.6. The molecule has 6 nitrogen and oxygen atoms in total. The quantitative estimate of drug-likeness (QED) is 0.309. The van der Waals surface area contributed by atoms with E-state index in [1.54, 1.807) is 23.3 Å². The Morgan fingerprint density at radius 1 is 1.14 bits per heavy atom. The van der Waals surface area contributed by atoms with Crippen molar-refractivity contribution in [3.8, 4) is 5.75 Å². The topological polar surface area (TPSA) is 59.1 Å². The summed E-state index contributed by atoms with van der Waals surface area (Å²) in [6.45, 7) is 5.80. The summed E-state index contributed by atoms with van der Waals surface area (Å²) in [5.41, 5.74) is 3.71. The van der Waals surface area contributed by atoms with Gasteiger partial charge >= 0.3 is 0 Å². The van der Waals surface area contributed by atoms with Gasteiger partial charge in [0, 0.05) is 42.3 Å². The summed E-state index contributed by atoms with van der Waals surface area (Å²) in [6, 6.07) is 14.9. The van der Waals surface area contributed by atoms with Crippen molar-refractivity contribution in [3.05, 3.63) is 86.1 Å². The van der Waals surface area contributed by atoms with E-state index in [4.69, 9.17) is 21.1 Å². The van der Waals surface area contributed by atoms with Crippen LogP contribution < -0.4 is 4.74 Å². The minimum absolute atomic E-state index is 0.00640. The number of methoxy groups -OCH3 is 1. The Balaban J connectivity index is 1.52. The van der Waals surface area contributed by atoms with Gasteiger partial charge < -0.3 is 19.3 Å². The van der Waals surface area contributed by atoms with Gasteiger partial charge in [0.15, 0.2) is 0 Å². The molecule has 4 rings (SSSR count). The zero-order chi connectivity index (χ0) is 26.4. The summed E-state index contributed by atoms with van der Waals surface area (Å²) >= 11 is 7.88. The fraction of sp³-hybridized carbons (Fsp3) is 0.379. The number of carbonyl (C=O) groups is 2. The number of aryl methyl sites for hydroxylation is 2. The molecule has 3 aromatic rings. The van der Waals surface area contributed by atoms with E-state index in [0.717, 1.165) is 23.1 Å². The summed E-state index contributed by atoms with van der Waals surface area (Å²) in [4.78, 5) is 31.8. The van der Waals surface area contributed by atoms with Crippen molar-refractivity contribution in [1.29, 1.82) is 0 Å². The molecule has 37 heavy (non-hydrogen) atoms. The second-order valence-corrected chi connectivity index (χ2v) is 10.7. The molecule has 0 radical (unpaired) electrons. The van der Waals surface area contributed by atoms with Crippen LogP contribution in [0.15, 0.2) is 53.9 Å². The molecule has 0 spiro atoms. The Hall–Kier alpha value is -2.87. The van der Waals surface area contributed by atoms with Crippen molar-refractivity contribution in [2.75, 3.05) is 40.0 Å². The average molecular weight is 541 g/mol. The van der Waals surface area contributed by atoms with Crippen molar-refractivity contribution in [3.63, 3.8) is 0 Å². The summed E-state index contributed by atoms with van der Waals surface area (Å²) in [5, 5.41) is 2.75. The van der Waals surface area contributed by atoms with Crippen molar-refractivity contribution in [2.45, 2.75) is 32.7 Å². The first-order valence-electron chi connectivity index (χ1n) is 12.5. The molecule has 2 aromatic carbocycles. The molecule has 196 valence electrons. The van der Waals surface area contributed by atoms with E-state index >= 15 is 0 Å². The molecule has 0 aliphatic carbocycles. The first kappa shape index (κ1) is 27.2. The minimum atomic E-state index is -0.228. The minimum Gasteiger partial charge on any atom is -0.491 e. The smallest absolute Gasteiger partial charge is 0.254 e. The second-order valence-electron chi connectivity index (χ2n) is 9.31. The standard InChI is InChI=1S/C29H33ClN2O4S/c1-20-5-7-22(8-6-20)29(34)31(13-4-15-35-3)18-28(33)32-14-11-27-24(12-16-37-27)26(32)19-36-23-9-10-25(30)21(2)17-23/h5-10,12,16-17,26H,4,11,13-15,18-19H2,1-3H3/t26-/m1/s1. The zero-order valence-electron chi connectivity index (χ0n) is 21.5. The predicted molar refractivity (Wildman–Crippen MR) is 148 cm³/mol. The highest BCUT2D eigenvalue weighted by atomic mass is 35.5. The third-order valence-electron chi connectivity index (χ3n) is 6.64. The normalized spacial score (nSPS) is 14.8. The molecule has 1 aromatic heterocycles. The number of benzene rings is 2. The van der Waals surface area contributed by atoms with Gasteiger partial charge in [-0.05, 0) is 79.6 Å². The number of amides is 2. The van der Waals surface area contributed by atoms with Crippen LogP contribution in [0.2, 0.25) is 5.02 Å². The SMILES string of the molecule is COCCCN(CC(=O)N1CCc2sccc2[C@H]1COc1ccc(Cl)c(C)c1)C(=O)c1ccc(C)cc1. The lowest BCUT2D eigenvalue weighted by atomic mass is 10.00. The van der Waals surface area contributed by atoms with Gasteiger partial charge in [0.1, 0.15) is 18.9 Å². The van der Waals surface area contributed by atoms with Crippen LogP contribution in [0.4, 0.5) is 0 Å². The maximum absolute atomic E-state index is 13.7. The Morgan fingerprint density at radius 2 is 1.92 bits per heavy atom. The van der Waals surface area contributed by atoms with Gasteiger partial charge in [-0.2, -0.15) is 0 Å². The van der Waals surface area contributed by atoms with E-state index in [9.17, 15) is 9.59 Å². The molecule has 2 heterocycles. The Bertz CT molecular complexity index is 1230. The van der Waals surface area contributed by atoms with Crippen LogP contribution >= 0.6 is 22.9 Å². The first-order chi connectivity index (χ1) is 17.9. The van der Waals surface area contributed by atoms with Crippen molar-refractivity contribution >= 4 is 34.8 Å². The highest BCUT2D eigenvalue weighted by Crippen LogP contribution is 2.34. The third-order valence-corrected chi connectivity index (χ3v) is 8.06. The summed E-state index contributed by atoms with van der Waals surface area (Å²) < 4.78 is 11.4. The summed E-state index contributed by atoms with van der Waals surface area (Å²) in [6.07, 6.45) is 1.45. The number of halogens is 1. The van der Waals surface area contributed by atoms with E-state index in [2.05, 4.69) is 11.4 Å². The molecule has 0 saturated heterocycles. The van der Waals surface area contributed by atoms with E-state index in [1.165, 1.54) is 4.88 Å². The molecule has 0 N–H and O–H groups in total. The van der Waals surface area contributed by atoms with Gasteiger partial charge in [0.05, 0.1) is 6.04 Å². The lowest BCUT2D eigenvalue weighted by molar-refractivity contribution is -0.135. The van der Waals surface area contributed by atoms with Crippen molar-refractivity contribution < 1.29 is 19.1 Å². The molecule has 0 fully saturated rings. The number of nitrogens with zero attached hydrogens (tertiary/aromatic N) is 2. The monoisotopic (exact) mass is 540 g/mol. The van der Waals surface area contributed by atoms with Gasteiger partial charge in [0.2, 0.25) is 5.91 Å². The Kier molecular flexibility index (Phi) is 9.24. The molecule has 1 atom stereocenters. The van der Waals surface area contributed by atoms with Gasteiger partial charge in [-0.3, -0.25) is 9.59 Å². The van der Waals surface area contributed by atoms with E-state index in [-0.39, 0.29) is 24.4 Å². The molecule has 0 unspecified atom stereocenters. The third kappa shape index (κ3) is 6.72. The Labute approximate surface area is 227 Å².